The number of rotatable bonds is 6. The van der Waals surface area contributed by atoms with Crippen LogP contribution in [0.5, 0.6) is 0 Å². The number of anilines is 1. The van der Waals surface area contributed by atoms with Crippen LogP contribution < -0.4 is 11.1 Å². The van der Waals surface area contributed by atoms with E-state index in [0.29, 0.717) is 6.42 Å². The van der Waals surface area contributed by atoms with Crippen LogP contribution in [0, 0.1) is 0 Å². The Morgan fingerprint density at radius 1 is 1.18 bits per heavy atom. The van der Waals surface area contributed by atoms with Gasteiger partial charge in [-0.05, 0) is 50.2 Å². The SMILES string of the molecule is NC(=O)CCCCNc1c2c(nc3ccccc13)CCCC2. The highest BCUT2D eigenvalue weighted by molar-refractivity contribution is 5.93. The molecule has 1 aromatic heterocycles. The zero-order valence-electron chi connectivity index (χ0n) is 12.9. The number of aromatic nitrogens is 1. The minimum atomic E-state index is -0.216. The van der Waals surface area contributed by atoms with Crippen molar-refractivity contribution in [1.82, 2.24) is 4.98 Å². The number of nitrogens with one attached hydrogen (secondary N) is 1. The molecule has 0 fully saturated rings. The van der Waals surface area contributed by atoms with Crippen LogP contribution in [0.15, 0.2) is 24.3 Å². The van der Waals surface area contributed by atoms with Crippen LogP contribution in [0.25, 0.3) is 10.9 Å². The highest BCUT2D eigenvalue weighted by atomic mass is 16.1. The first kappa shape index (κ1) is 14.8. The molecule has 0 bridgehead atoms. The Labute approximate surface area is 131 Å². The molecule has 1 aliphatic rings. The smallest absolute Gasteiger partial charge is 0.217 e. The maximum Gasteiger partial charge on any atom is 0.217 e. The third kappa shape index (κ3) is 3.21. The quantitative estimate of drug-likeness (QED) is 0.805. The number of carbonyl (C=O) groups is 1. The molecule has 1 heterocycles. The van der Waals surface area contributed by atoms with Gasteiger partial charge >= 0.3 is 0 Å². The van der Waals surface area contributed by atoms with Crippen molar-refractivity contribution in [3.63, 3.8) is 0 Å². The molecular weight excluding hydrogens is 274 g/mol. The zero-order valence-corrected chi connectivity index (χ0v) is 12.9. The van der Waals surface area contributed by atoms with Gasteiger partial charge in [0, 0.05) is 29.7 Å². The van der Waals surface area contributed by atoms with Crippen molar-refractivity contribution in [2.75, 3.05) is 11.9 Å². The summed E-state index contributed by atoms with van der Waals surface area (Å²) in [6.45, 7) is 0.869. The number of amides is 1. The predicted molar refractivity (Wildman–Crippen MR) is 89.9 cm³/mol. The third-order valence-electron chi connectivity index (χ3n) is 4.32. The van der Waals surface area contributed by atoms with Crippen LogP contribution in [0.1, 0.15) is 43.4 Å². The number of benzene rings is 1. The van der Waals surface area contributed by atoms with E-state index in [9.17, 15) is 4.79 Å². The summed E-state index contributed by atoms with van der Waals surface area (Å²) in [5.41, 5.74) is 10.1. The third-order valence-corrected chi connectivity index (χ3v) is 4.32. The molecule has 0 aliphatic heterocycles. The predicted octanol–water partition coefficient (Wildman–Crippen LogP) is 3.18. The summed E-state index contributed by atoms with van der Waals surface area (Å²) >= 11 is 0. The first-order valence-corrected chi connectivity index (χ1v) is 8.18. The normalized spacial score (nSPS) is 13.8. The van der Waals surface area contributed by atoms with E-state index in [2.05, 4.69) is 23.5 Å². The molecule has 116 valence electrons. The summed E-state index contributed by atoms with van der Waals surface area (Å²) in [7, 11) is 0. The van der Waals surface area contributed by atoms with Crippen LogP contribution in [-0.4, -0.2) is 17.4 Å². The van der Waals surface area contributed by atoms with E-state index in [-0.39, 0.29) is 5.91 Å². The number of unbranched alkanes of at least 4 members (excludes halogenated alkanes) is 1. The lowest BCUT2D eigenvalue weighted by Crippen LogP contribution is -2.13. The van der Waals surface area contributed by atoms with Gasteiger partial charge in [0.15, 0.2) is 0 Å². The number of fused-ring (bicyclic) bond motifs is 2. The molecule has 4 heteroatoms. The van der Waals surface area contributed by atoms with Gasteiger partial charge in [0.25, 0.3) is 0 Å². The minimum absolute atomic E-state index is 0.216. The summed E-state index contributed by atoms with van der Waals surface area (Å²) < 4.78 is 0. The molecule has 0 spiro atoms. The highest BCUT2D eigenvalue weighted by Gasteiger charge is 2.17. The van der Waals surface area contributed by atoms with E-state index >= 15 is 0 Å². The number of hydrogen-bond donors (Lipinski definition) is 2. The van der Waals surface area contributed by atoms with E-state index in [1.54, 1.807) is 0 Å². The van der Waals surface area contributed by atoms with Gasteiger partial charge in [0.1, 0.15) is 0 Å². The lowest BCUT2D eigenvalue weighted by molar-refractivity contribution is -0.118. The molecule has 22 heavy (non-hydrogen) atoms. The first-order chi connectivity index (χ1) is 10.8. The van der Waals surface area contributed by atoms with Crippen molar-refractivity contribution in [3.8, 4) is 0 Å². The first-order valence-electron chi connectivity index (χ1n) is 8.18. The molecule has 3 rings (SSSR count). The maximum atomic E-state index is 10.8. The van der Waals surface area contributed by atoms with E-state index in [4.69, 9.17) is 10.7 Å². The number of carbonyl (C=O) groups excluding carboxylic acids is 1. The summed E-state index contributed by atoms with van der Waals surface area (Å²) in [4.78, 5) is 15.6. The van der Waals surface area contributed by atoms with Crippen LogP contribution in [0.2, 0.25) is 0 Å². The van der Waals surface area contributed by atoms with Crippen molar-refractivity contribution < 1.29 is 4.79 Å². The lowest BCUT2D eigenvalue weighted by Gasteiger charge is -2.21. The Morgan fingerprint density at radius 2 is 2.00 bits per heavy atom. The zero-order chi connectivity index (χ0) is 15.4. The number of nitrogens with zero attached hydrogens (tertiary/aromatic N) is 1. The van der Waals surface area contributed by atoms with Crippen LogP contribution in [-0.2, 0) is 17.6 Å². The number of hydrogen-bond acceptors (Lipinski definition) is 3. The van der Waals surface area contributed by atoms with Crippen molar-refractivity contribution in [1.29, 1.82) is 0 Å². The average Bonchev–Trinajstić information content (AvgIpc) is 2.53. The Kier molecular flexibility index (Phi) is 4.56. The summed E-state index contributed by atoms with van der Waals surface area (Å²) in [5, 5.41) is 4.80. The number of primary amides is 1. The Balaban J connectivity index is 1.81. The minimum Gasteiger partial charge on any atom is -0.384 e. The second-order valence-electron chi connectivity index (χ2n) is 5.99. The molecule has 0 unspecified atom stereocenters. The van der Waals surface area contributed by atoms with Crippen LogP contribution >= 0.6 is 0 Å². The fourth-order valence-corrected chi connectivity index (χ4v) is 3.21. The lowest BCUT2D eigenvalue weighted by atomic mass is 9.92. The van der Waals surface area contributed by atoms with Gasteiger partial charge < -0.3 is 11.1 Å². The number of nitrogens with two attached hydrogens (primary N) is 1. The topological polar surface area (TPSA) is 68.0 Å². The van der Waals surface area contributed by atoms with Crippen molar-refractivity contribution in [2.24, 2.45) is 5.73 Å². The van der Waals surface area contributed by atoms with Crippen LogP contribution in [0.4, 0.5) is 5.69 Å². The molecule has 0 atom stereocenters. The van der Waals surface area contributed by atoms with Gasteiger partial charge in [-0.25, -0.2) is 0 Å². The molecule has 2 aromatic rings. The largest absolute Gasteiger partial charge is 0.384 e. The molecule has 4 nitrogen and oxygen atoms in total. The van der Waals surface area contributed by atoms with Crippen molar-refractivity contribution in [3.05, 3.63) is 35.5 Å². The summed E-state index contributed by atoms with van der Waals surface area (Å²) in [6.07, 6.45) is 6.92. The number of para-hydroxylation sites is 1. The molecule has 3 N–H and O–H groups in total. The molecule has 0 radical (unpaired) electrons. The van der Waals surface area contributed by atoms with E-state index in [1.165, 1.54) is 35.2 Å². The Bertz CT molecular complexity index is 681. The van der Waals surface area contributed by atoms with Crippen LogP contribution in [0.3, 0.4) is 0 Å². The van der Waals surface area contributed by atoms with Gasteiger partial charge in [-0.15, -0.1) is 0 Å². The van der Waals surface area contributed by atoms with E-state index < -0.39 is 0 Å². The Hall–Kier alpha value is -2.10. The second-order valence-corrected chi connectivity index (χ2v) is 5.99. The standard InChI is InChI=1S/C18H23N3O/c19-17(22)11-5-6-12-20-18-13-7-1-3-9-15(13)21-16-10-4-2-8-14(16)18/h1,3,7,9H,2,4-6,8,10-12H2,(H2,19,22)(H,20,21). The van der Waals surface area contributed by atoms with Crippen molar-refractivity contribution >= 4 is 22.5 Å². The molecule has 0 saturated carbocycles. The van der Waals surface area contributed by atoms with E-state index in [1.807, 2.05) is 6.07 Å². The second kappa shape index (κ2) is 6.77. The molecule has 1 aromatic carbocycles. The van der Waals surface area contributed by atoms with E-state index in [0.717, 1.165) is 37.7 Å². The molecule has 1 amide bonds. The van der Waals surface area contributed by atoms with Gasteiger partial charge in [-0.1, -0.05) is 18.2 Å². The summed E-state index contributed by atoms with van der Waals surface area (Å²) in [6, 6.07) is 8.34. The van der Waals surface area contributed by atoms with Gasteiger partial charge in [0.05, 0.1) is 5.52 Å². The van der Waals surface area contributed by atoms with Gasteiger partial charge in [0.2, 0.25) is 5.91 Å². The maximum absolute atomic E-state index is 10.8. The average molecular weight is 297 g/mol. The fourth-order valence-electron chi connectivity index (χ4n) is 3.21. The Morgan fingerprint density at radius 3 is 2.86 bits per heavy atom. The highest BCUT2D eigenvalue weighted by Crippen LogP contribution is 2.33. The fraction of sp³-hybridized carbons (Fsp3) is 0.444. The monoisotopic (exact) mass is 297 g/mol. The van der Waals surface area contributed by atoms with Gasteiger partial charge in [-0.2, -0.15) is 0 Å². The number of pyridine rings is 1. The van der Waals surface area contributed by atoms with Crippen molar-refractivity contribution in [2.45, 2.75) is 44.9 Å². The molecule has 0 saturated heterocycles. The molecular formula is C18H23N3O. The molecule has 1 aliphatic carbocycles. The number of aryl methyl sites for hydroxylation is 1. The van der Waals surface area contributed by atoms with Gasteiger partial charge in [-0.3, -0.25) is 9.78 Å². The summed E-state index contributed by atoms with van der Waals surface area (Å²) in [5.74, 6) is -0.216.